The lowest BCUT2D eigenvalue weighted by atomic mass is 10.0. The molecule has 1 aromatic rings. The molecule has 3 atom stereocenters. The van der Waals surface area contributed by atoms with Crippen LogP contribution in [-0.2, 0) is 14.8 Å². The number of benzene rings is 1. The molecule has 2 rings (SSSR count). The summed E-state index contributed by atoms with van der Waals surface area (Å²) in [5.74, 6) is -2.96. The molecular formula is C12H13F2NO4S. The zero-order valence-corrected chi connectivity index (χ0v) is 11.3. The molecule has 1 aliphatic rings. The molecule has 0 radical (unpaired) electrons. The summed E-state index contributed by atoms with van der Waals surface area (Å²) in [4.78, 5) is 10.9. The molecule has 8 heteroatoms. The predicted molar refractivity (Wildman–Crippen MR) is 65.8 cm³/mol. The number of hydrogen-bond acceptors (Lipinski definition) is 3. The average Bonchev–Trinajstić information content (AvgIpc) is 2.67. The van der Waals surface area contributed by atoms with E-state index >= 15 is 0 Å². The summed E-state index contributed by atoms with van der Waals surface area (Å²) >= 11 is 0. The molecule has 0 aliphatic carbocycles. The van der Waals surface area contributed by atoms with E-state index < -0.39 is 46.5 Å². The Morgan fingerprint density at radius 2 is 1.90 bits per heavy atom. The molecule has 110 valence electrons. The van der Waals surface area contributed by atoms with E-state index in [2.05, 4.69) is 0 Å². The van der Waals surface area contributed by atoms with Gasteiger partial charge >= 0.3 is 5.97 Å². The minimum atomic E-state index is -4.17. The Kier molecular flexibility index (Phi) is 3.79. The molecule has 0 spiro atoms. The summed E-state index contributed by atoms with van der Waals surface area (Å²) in [6.45, 7) is 0.835. The normalized spacial score (nSPS) is 27.6. The van der Waals surface area contributed by atoms with Gasteiger partial charge < -0.3 is 5.11 Å². The highest BCUT2D eigenvalue weighted by Crippen LogP contribution is 2.32. The molecule has 1 aromatic carbocycles. The van der Waals surface area contributed by atoms with Crippen molar-refractivity contribution >= 4 is 16.0 Å². The van der Waals surface area contributed by atoms with E-state index in [1.807, 2.05) is 0 Å². The molecule has 1 saturated heterocycles. The highest BCUT2D eigenvalue weighted by Gasteiger charge is 2.49. The van der Waals surface area contributed by atoms with Gasteiger partial charge in [-0.25, -0.2) is 17.2 Å². The zero-order valence-electron chi connectivity index (χ0n) is 10.5. The van der Waals surface area contributed by atoms with Crippen molar-refractivity contribution in [1.82, 2.24) is 4.31 Å². The number of halogens is 2. The van der Waals surface area contributed by atoms with Gasteiger partial charge in [0.2, 0.25) is 10.0 Å². The first-order valence-electron chi connectivity index (χ1n) is 5.89. The molecule has 1 fully saturated rings. The Bertz CT molecular complexity index is 617. The van der Waals surface area contributed by atoms with Crippen LogP contribution in [0.3, 0.4) is 0 Å². The minimum absolute atomic E-state index is 0.258. The third kappa shape index (κ3) is 2.40. The number of alkyl halides is 1. The lowest BCUT2D eigenvalue weighted by Gasteiger charge is -2.22. The molecule has 0 amide bonds. The standard InChI is InChI=1S/C12H13F2NO4S/c1-7-10(14)6-15(11(7)12(16)17)20(18,19)9-4-2-8(13)3-5-9/h2-5,7,10-11H,6H2,1H3,(H,16,17)/t7-,10-,11+/m1/s1. The van der Waals surface area contributed by atoms with Crippen LogP contribution in [0.1, 0.15) is 6.92 Å². The van der Waals surface area contributed by atoms with Crippen molar-refractivity contribution in [2.75, 3.05) is 6.54 Å². The maximum Gasteiger partial charge on any atom is 0.322 e. The topological polar surface area (TPSA) is 74.7 Å². The maximum absolute atomic E-state index is 13.7. The maximum atomic E-state index is 13.7. The van der Waals surface area contributed by atoms with Crippen LogP contribution in [0.2, 0.25) is 0 Å². The fraction of sp³-hybridized carbons (Fsp3) is 0.417. The third-order valence-corrected chi connectivity index (χ3v) is 5.27. The highest BCUT2D eigenvalue weighted by atomic mass is 32.2. The highest BCUT2D eigenvalue weighted by molar-refractivity contribution is 7.89. The monoisotopic (exact) mass is 305 g/mol. The minimum Gasteiger partial charge on any atom is -0.480 e. The van der Waals surface area contributed by atoms with Crippen LogP contribution in [0.15, 0.2) is 29.2 Å². The number of carboxylic acid groups (broad SMARTS) is 1. The number of nitrogens with zero attached hydrogens (tertiary/aromatic N) is 1. The molecule has 0 saturated carbocycles. The average molecular weight is 305 g/mol. The molecule has 5 nitrogen and oxygen atoms in total. The molecule has 0 aromatic heterocycles. The van der Waals surface area contributed by atoms with E-state index in [4.69, 9.17) is 5.11 Å². The Morgan fingerprint density at radius 3 is 2.40 bits per heavy atom. The summed E-state index contributed by atoms with van der Waals surface area (Å²) in [6, 6.07) is 2.50. The van der Waals surface area contributed by atoms with Gasteiger partial charge in [0.25, 0.3) is 0 Å². The van der Waals surface area contributed by atoms with Gasteiger partial charge in [0.05, 0.1) is 4.90 Å². The van der Waals surface area contributed by atoms with Crippen molar-refractivity contribution in [2.24, 2.45) is 5.92 Å². The van der Waals surface area contributed by atoms with Crippen LogP contribution < -0.4 is 0 Å². The molecule has 1 aliphatic heterocycles. The van der Waals surface area contributed by atoms with E-state index in [0.29, 0.717) is 4.31 Å². The number of aliphatic carboxylic acids is 1. The van der Waals surface area contributed by atoms with Gasteiger partial charge in [-0.05, 0) is 24.3 Å². The smallest absolute Gasteiger partial charge is 0.322 e. The quantitative estimate of drug-likeness (QED) is 0.912. The number of carbonyl (C=O) groups is 1. The number of sulfonamides is 1. The lowest BCUT2D eigenvalue weighted by molar-refractivity contribution is -0.141. The van der Waals surface area contributed by atoms with Crippen molar-refractivity contribution in [3.8, 4) is 0 Å². The first-order valence-corrected chi connectivity index (χ1v) is 7.33. The number of rotatable bonds is 3. The summed E-state index contributed by atoms with van der Waals surface area (Å²) in [6.07, 6.45) is -1.55. The largest absolute Gasteiger partial charge is 0.480 e. The van der Waals surface area contributed by atoms with Crippen LogP contribution in [0.4, 0.5) is 8.78 Å². The van der Waals surface area contributed by atoms with Crippen molar-refractivity contribution < 1.29 is 27.1 Å². The Morgan fingerprint density at radius 1 is 1.35 bits per heavy atom. The fourth-order valence-electron chi connectivity index (χ4n) is 2.25. The number of carboxylic acids is 1. The van der Waals surface area contributed by atoms with Crippen molar-refractivity contribution in [3.63, 3.8) is 0 Å². The van der Waals surface area contributed by atoms with E-state index in [-0.39, 0.29) is 4.90 Å². The van der Waals surface area contributed by atoms with Gasteiger partial charge in [-0.3, -0.25) is 4.79 Å². The van der Waals surface area contributed by atoms with Crippen LogP contribution in [0.25, 0.3) is 0 Å². The SMILES string of the molecule is C[C@@H]1[C@H](F)CN(S(=O)(=O)c2ccc(F)cc2)[C@@H]1C(=O)O. The van der Waals surface area contributed by atoms with Crippen LogP contribution in [0.5, 0.6) is 0 Å². The summed E-state index contributed by atoms with van der Waals surface area (Å²) in [5.41, 5.74) is 0. The third-order valence-electron chi connectivity index (χ3n) is 3.41. The Hall–Kier alpha value is -1.54. The summed E-state index contributed by atoms with van der Waals surface area (Å²) in [5, 5.41) is 9.09. The van der Waals surface area contributed by atoms with E-state index in [9.17, 15) is 22.0 Å². The lowest BCUT2D eigenvalue weighted by Crippen LogP contribution is -2.42. The number of hydrogen-bond donors (Lipinski definition) is 1. The van der Waals surface area contributed by atoms with Crippen molar-refractivity contribution in [1.29, 1.82) is 0 Å². The first kappa shape index (κ1) is 14.9. The second kappa shape index (κ2) is 5.10. The summed E-state index contributed by atoms with van der Waals surface area (Å²) < 4.78 is 51.8. The molecular weight excluding hydrogens is 292 g/mol. The fourth-order valence-corrected chi connectivity index (χ4v) is 3.92. The Labute approximate surface area is 114 Å². The molecule has 20 heavy (non-hydrogen) atoms. The van der Waals surface area contributed by atoms with Crippen LogP contribution in [-0.4, -0.2) is 42.6 Å². The molecule has 1 N–H and O–H groups in total. The van der Waals surface area contributed by atoms with E-state index in [1.54, 1.807) is 0 Å². The predicted octanol–water partition coefficient (Wildman–Crippen LogP) is 1.26. The molecule has 0 bridgehead atoms. The van der Waals surface area contributed by atoms with E-state index in [1.165, 1.54) is 6.92 Å². The molecule has 1 heterocycles. The van der Waals surface area contributed by atoms with Crippen LogP contribution >= 0.6 is 0 Å². The summed E-state index contributed by atoms with van der Waals surface area (Å²) in [7, 11) is -4.17. The van der Waals surface area contributed by atoms with Gasteiger partial charge in [0.1, 0.15) is 18.0 Å². The van der Waals surface area contributed by atoms with Gasteiger partial charge in [0, 0.05) is 12.5 Å². The van der Waals surface area contributed by atoms with E-state index in [0.717, 1.165) is 24.3 Å². The van der Waals surface area contributed by atoms with Gasteiger partial charge in [-0.15, -0.1) is 0 Å². The van der Waals surface area contributed by atoms with Crippen LogP contribution in [0, 0.1) is 11.7 Å². The zero-order chi connectivity index (χ0) is 15.1. The van der Waals surface area contributed by atoms with Crippen molar-refractivity contribution in [2.45, 2.75) is 24.0 Å². The van der Waals surface area contributed by atoms with Gasteiger partial charge in [-0.2, -0.15) is 4.31 Å². The van der Waals surface area contributed by atoms with Gasteiger partial charge in [-0.1, -0.05) is 6.92 Å². The second-order valence-electron chi connectivity index (χ2n) is 4.69. The second-order valence-corrected chi connectivity index (χ2v) is 6.58. The first-order chi connectivity index (χ1) is 9.25. The Balaban J connectivity index is 2.43. The van der Waals surface area contributed by atoms with Gasteiger partial charge in [0.15, 0.2) is 0 Å². The van der Waals surface area contributed by atoms with Crippen molar-refractivity contribution in [3.05, 3.63) is 30.1 Å². The molecule has 0 unspecified atom stereocenters.